The van der Waals surface area contributed by atoms with Crippen molar-refractivity contribution in [2.75, 3.05) is 19.7 Å². The number of carboxylic acid groups (broad SMARTS) is 1. The van der Waals surface area contributed by atoms with E-state index in [9.17, 15) is 4.79 Å². The van der Waals surface area contributed by atoms with Gasteiger partial charge < -0.3 is 9.84 Å². The quantitative estimate of drug-likeness (QED) is 0.836. The Balaban J connectivity index is 1.86. The summed E-state index contributed by atoms with van der Waals surface area (Å²) in [5, 5.41) is 9.05. The lowest BCUT2D eigenvalue weighted by atomic mass is 9.71. The first-order valence-electron chi connectivity index (χ1n) is 7.46. The maximum Gasteiger partial charge on any atom is 0.334 e. The van der Waals surface area contributed by atoms with E-state index in [0.717, 1.165) is 12.5 Å². The predicted molar refractivity (Wildman–Crippen MR) is 74.1 cm³/mol. The number of aliphatic carboxylic acids is 1. The standard InChI is InChI=1S/C15H27NO3/c1-15(2,3)11-4-6-12(7-5-11)16-8-9-19-13(10-16)14(17)18/h11-13H,4-10H2,1-3H3,(H,17,18). The maximum absolute atomic E-state index is 11.0. The molecule has 1 unspecified atom stereocenters. The molecule has 1 aliphatic carbocycles. The lowest BCUT2D eigenvalue weighted by Gasteiger charge is -2.43. The molecule has 0 aromatic rings. The van der Waals surface area contributed by atoms with Crippen LogP contribution in [0.25, 0.3) is 0 Å². The van der Waals surface area contributed by atoms with Crippen LogP contribution in [-0.2, 0) is 9.53 Å². The van der Waals surface area contributed by atoms with Crippen molar-refractivity contribution >= 4 is 5.97 Å². The number of rotatable bonds is 2. The average molecular weight is 269 g/mol. The molecular weight excluding hydrogens is 242 g/mol. The van der Waals surface area contributed by atoms with Crippen LogP contribution < -0.4 is 0 Å². The summed E-state index contributed by atoms with van der Waals surface area (Å²) in [5.74, 6) is -0.0202. The third-order valence-corrected chi connectivity index (χ3v) is 4.81. The van der Waals surface area contributed by atoms with Crippen molar-refractivity contribution in [2.45, 2.75) is 58.6 Å². The Morgan fingerprint density at radius 1 is 1.21 bits per heavy atom. The highest BCUT2D eigenvalue weighted by atomic mass is 16.5. The molecule has 1 heterocycles. The monoisotopic (exact) mass is 269 g/mol. The first-order valence-corrected chi connectivity index (χ1v) is 7.46. The third-order valence-electron chi connectivity index (χ3n) is 4.81. The molecule has 0 bridgehead atoms. The normalized spacial score (nSPS) is 34.2. The molecule has 0 amide bonds. The summed E-state index contributed by atoms with van der Waals surface area (Å²) >= 11 is 0. The van der Waals surface area contributed by atoms with Crippen molar-refractivity contribution in [2.24, 2.45) is 11.3 Å². The number of carboxylic acids is 1. The second kappa shape index (κ2) is 5.80. The molecule has 0 radical (unpaired) electrons. The molecule has 1 saturated heterocycles. The molecule has 4 heteroatoms. The van der Waals surface area contributed by atoms with Gasteiger partial charge in [0.25, 0.3) is 0 Å². The lowest BCUT2D eigenvalue weighted by molar-refractivity contribution is -0.157. The second-order valence-corrected chi connectivity index (χ2v) is 7.06. The molecule has 2 fully saturated rings. The number of hydrogen-bond acceptors (Lipinski definition) is 3. The number of ether oxygens (including phenoxy) is 1. The van der Waals surface area contributed by atoms with Crippen LogP contribution in [0.5, 0.6) is 0 Å². The molecule has 0 aromatic heterocycles. The van der Waals surface area contributed by atoms with Gasteiger partial charge in [-0.05, 0) is 37.0 Å². The first-order chi connectivity index (χ1) is 8.88. The van der Waals surface area contributed by atoms with E-state index in [4.69, 9.17) is 9.84 Å². The number of carbonyl (C=O) groups is 1. The fraction of sp³-hybridized carbons (Fsp3) is 0.933. The molecule has 1 aliphatic heterocycles. The fourth-order valence-corrected chi connectivity index (χ4v) is 3.46. The highest BCUT2D eigenvalue weighted by Gasteiger charge is 2.35. The van der Waals surface area contributed by atoms with Gasteiger partial charge in [-0.3, -0.25) is 4.90 Å². The van der Waals surface area contributed by atoms with E-state index in [0.29, 0.717) is 24.6 Å². The van der Waals surface area contributed by atoms with Crippen LogP contribution in [0.2, 0.25) is 0 Å². The predicted octanol–water partition coefficient (Wildman–Crippen LogP) is 2.38. The van der Waals surface area contributed by atoms with E-state index >= 15 is 0 Å². The maximum atomic E-state index is 11.0. The van der Waals surface area contributed by atoms with Crippen molar-refractivity contribution in [3.8, 4) is 0 Å². The van der Waals surface area contributed by atoms with Gasteiger partial charge in [0.1, 0.15) is 0 Å². The molecule has 1 saturated carbocycles. The van der Waals surface area contributed by atoms with Crippen LogP contribution >= 0.6 is 0 Å². The summed E-state index contributed by atoms with van der Waals surface area (Å²) in [6, 6.07) is 0.560. The van der Waals surface area contributed by atoms with Gasteiger partial charge in [0.15, 0.2) is 6.10 Å². The summed E-state index contributed by atoms with van der Waals surface area (Å²) in [7, 11) is 0. The molecule has 19 heavy (non-hydrogen) atoms. The Bertz CT molecular complexity index is 316. The summed E-state index contributed by atoms with van der Waals surface area (Å²) in [4.78, 5) is 13.3. The Morgan fingerprint density at radius 3 is 2.37 bits per heavy atom. The molecule has 0 aromatic carbocycles. The largest absolute Gasteiger partial charge is 0.479 e. The number of hydrogen-bond donors (Lipinski definition) is 1. The van der Waals surface area contributed by atoms with Crippen molar-refractivity contribution in [3.05, 3.63) is 0 Å². The molecule has 4 nitrogen and oxygen atoms in total. The van der Waals surface area contributed by atoms with Crippen molar-refractivity contribution in [3.63, 3.8) is 0 Å². The first kappa shape index (κ1) is 14.8. The van der Waals surface area contributed by atoms with Crippen LogP contribution in [0.4, 0.5) is 0 Å². The van der Waals surface area contributed by atoms with Crippen LogP contribution in [-0.4, -0.2) is 47.8 Å². The van der Waals surface area contributed by atoms with E-state index < -0.39 is 12.1 Å². The summed E-state index contributed by atoms with van der Waals surface area (Å²) in [6.07, 6.45) is 4.31. The molecule has 1 N–H and O–H groups in total. The zero-order chi connectivity index (χ0) is 14.0. The fourth-order valence-electron chi connectivity index (χ4n) is 3.46. The van der Waals surface area contributed by atoms with Gasteiger partial charge in [0.2, 0.25) is 0 Å². The van der Waals surface area contributed by atoms with Crippen molar-refractivity contribution in [1.82, 2.24) is 4.90 Å². The Labute approximate surface area is 116 Å². The third kappa shape index (κ3) is 3.69. The minimum Gasteiger partial charge on any atom is -0.479 e. The summed E-state index contributed by atoms with van der Waals surface area (Å²) in [6.45, 7) is 8.97. The number of morpholine rings is 1. The van der Waals surface area contributed by atoms with E-state index in [-0.39, 0.29) is 0 Å². The molecule has 2 rings (SSSR count). The van der Waals surface area contributed by atoms with E-state index in [1.807, 2.05) is 0 Å². The molecular formula is C15H27NO3. The van der Waals surface area contributed by atoms with Gasteiger partial charge in [-0.1, -0.05) is 20.8 Å². The van der Waals surface area contributed by atoms with Gasteiger partial charge in [0, 0.05) is 19.1 Å². The molecule has 2 aliphatic rings. The Hall–Kier alpha value is -0.610. The number of nitrogens with zero attached hydrogens (tertiary/aromatic N) is 1. The van der Waals surface area contributed by atoms with E-state index in [2.05, 4.69) is 25.7 Å². The SMILES string of the molecule is CC(C)(C)C1CCC(N2CCOC(C(=O)O)C2)CC1. The van der Waals surface area contributed by atoms with Gasteiger partial charge in [-0.2, -0.15) is 0 Å². The van der Waals surface area contributed by atoms with E-state index in [1.54, 1.807) is 0 Å². The van der Waals surface area contributed by atoms with Crippen molar-refractivity contribution < 1.29 is 14.6 Å². The smallest absolute Gasteiger partial charge is 0.334 e. The van der Waals surface area contributed by atoms with Crippen LogP contribution in [0.3, 0.4) is 0 Å². The minimum atomic E-state index is -0.826. The highest BCUT2D eigenvalue weighted by Crippen LogP contribution is 2.39. The Morgan fingerprint density at radius 2 is 1.84 bits per heavy atom. The average Bonchev–Trinajstić information content (AvgIpc) is 2.38. The summed E-state index contributed by atoms with van der Waals surface area (Å²) in [5.41, 5.74) is 0.402. The lowest BCUT2D eigenvalue weighted by Crippen LogP contribution is -2.51. The van der Waals surface area contributed by atoms with Gasteiger partial charge in [-0.25, -0.2) is 4.79 Å². The van der Waals surface area contributed by atoms with Gasteiger partial charge >= 0.3 is 5.97 Å². The zero-order valence-corrected chi connectivity index (χ0v) is 12.4. The van der Waals surface area contributed by atoms with Crippen LogP contribution in [0, 0.1) is 11.3 Å². The zero-order valence-electron chi connectivity index (χ0n) is 12.4. The second-order valence-electron chi connectivity index (χ2n) is 7.06. The van der Waals surface area contributed by atoms with Crippen molar-refractivity contribution in [1.29, 1.82) is 0 Å². The van der Waals surface area contributed by atoms with E-state index in [1.165, 1.54) is 25.7 Å². The summed E-state index contributed by atoms with van der Waals surface area (Å²) < 4.78 is 5.29. The highest BCUT2D eigenvalue weighted by molar-refractivity contribution is 5.72. The Kier molecular flexibility index (Phi) is 4.51. The van der Waals surface area contributed by atoms with Gasteiger partial charge in [-0.15, -0.1) is 0 Å². The molecule has 110 valence electrons. The molecule has 1 atom stereocenters. The van der Waals surface area contributed by atoms with Crippen LogP contribution in [0.1, 0.15) is 46.5 Å². The minimum absolute atomic E-state index is 0.402. The molecule has 0 spiro atoms. The van der Waals surface area contributed by atoms with Gasteiger partial charge in [0.05, 0.1) is 6.61 Å². The topological polar surface area (TPSA) is 49.8 Å². The van der Waals surface area contributed by atoms with Crippen LogP contribution in [0.15, 0.2) is 0 Å².